The van der Waals surface area contributed by atoms with Crippen LogP contribution in [0.2, 0.25) is 0 Å². The summed E-state index contributed by atoms with van der Waals surface area (Å²) in [4.78, 5) is 4.02. The molecule has 0 aliphatic carbocycles. The van der Waals surface area contributed by atoms with Gasteiger partial charge < -0.3 is 14.0 Å². The number of furan rings is 1. The summed E-state index contributed by atoms with van der Waals surface area (Å²) in [6.45, 7) is 0. The third-order valence-electron chi connectivity index (χ3n) is 3.19. The predicted molar refractivity (Wildman–Crippen MR) is 80.9 cm³/mol. The van der Waals surface area contributed by atoms with E-state index in [1.54, 1.807) is 36.4 Å². The van der Waals surface area contributed by atoms with Crippen molar-refractivity contribution in [2.24, 2.45) is 0 Å². The Labute approximate surface area is 132 Å². The summed E-state index contributed by atoms with van der Waals surface area (Å²) in [6, 6.07) is 10.2. The summed E-state index contributed by atoms with van der Waals surface area (Å²) in [5, 5.41) is 13.7. The van der Waals surface area contributed by atoms with Crippen LogP contribution in [0.15, 0.2) is 57.9 Å². The van der Waals surface area contributed by atoms with Crippen molar-refractivity contribution in [1.29, 1.82) is 0 Å². The number of aromatic nitrogens is 2. The van der Waals surface area contributed by atoms with Crippen molar-refractivity contribution in [3.05, 3.63) is 60.4 Å². The molecule has 1 unspecified atom stereocenters. The Morgan fingerprint density at radius 2 is 1.96 bits per heavy atom. The molecule has 0 bridgehead atoms. The van der Waals surface area contributed by atoms with E-state index in [4.69, 9.17) is 8.94 Å². The maximum atomic E-state index is 12.2. The summed E-state index contributed by atoms with van der Waals surface area (Å²) < 4.78 is 34.2. The highest BCUT2D eigenvalue weighted by Gasteiger charge is 2.22. The van der Waals surface area contributed by atoms with Gasteiger partial charge in [-0.15, -0.1) is 0 Å². The van der Waals surface area contributed by atoms with Crippen LogP contribution in [0.1, 0.15) is 17.6 Å². The molecule has 0 amide bonds. The van der Waals surface area contributed by atoms with Gasteiger partial charge in [0.05, 0.1) is 23.7 Å². The van der Waals surface area contributed by atoms with Crippen LogP contribution in [0.25, 0.3) is 11.4 Å². The molecule has 2 aromatic heterocycles. The summed E-state index contributed by atoms with van der Waals surface area (Å²) in [7, 11) is -3.61. The van der Waals surface area contributed by atoms with E-state index in [2.05, 4.69) is 10.1 Å². The van der Waals surface area contributed by atoms with Crippen LogP contribution in [0, 0.1) is 0 Å². The lowest BCUT2D eigenvalue weighted by Gasteiger charge is -2.10. The van der Waals surface area contributed by atoms with Gasteiger partial charge in [-0.3, -0.25) is 0 Å². The van der Waals surface area contributed by atoms with Crippen molar-refractivity contribution >= 4 is 9.84 Å². The van der Waals surface area contributed by atoms with Gasteiger partial charge in [0, 0.05) is 0 Å². The van der Waals surface area contributed by atoms with Crippen molar-refractivity contribution < 1.29 is 22.5 Å². The Morgan fingerprint density at radius 1 is 1.17 bits per heavy atom. The third-order valence-corrected chi connectivity index (χ3v) is 4.70. The molecule has 1 N–H and O–H groups in total. The van der Waals surface area contributed by atoms with E-state index in [1.165, 1.54) is 12.5 Å². The van der Waals surface area contributed by atoms with Crippen LogP contribution in [0.5, 0.6) is 0 Å². The first-order valence-corrected chi connectivity index (χ1v) is 8.64. The smallest absolute Gasteiger partial charge is 0.242 e. The van der Waals surface area contributed by atoms with Crippen LogP contribution in [-0.2, 0) is 15.6 Å². The van der Waals surface area contributed by atoms with Gasteiger partial charge in [-0.1, -0.05) is 35.5 Å². The molecular formula is C15H14N2O5S. The fourth-order valence-electron chi connectivity index (χ4n) is 2.08. The molecular weight excluding hydrogens is 320 g/mol. The summed E-state index contributed by atoms with van der Waals surface area (Å²) >= 11 is 0. The molecule has 1 atom stereocenters. The lowest BCUT2D eigenvalue weighted by atomic mass is 10.1. The Kier molecular flexibility index (Phi) is 4.26. The number of hydrogen-bond donors (Lipinski definition) is 1. The first-order chi connectivity index (χ1) is 11.0. The fraction of sp³-hybridized carbons (Fsp3) is 0.200. The number of nitrogens with zero attached hydrogens (tertiary/aromatic N) is 2. The second-order valence-electron chi connectivity index (χ2n) is 5.00. The van der Waals surface area contributed by atoms with Gasteiger partial charge in [0.25, 0.3) is 0 Å². The Hall–Kier alpha value is -2.45. The molecule has 3 rings (SSSR count). The van der Waals surface area contributed by atoms with Gasteiger partial charge in [-0.2, -0.15) is 4.98 Å². The van der Waals surface area contributed by atoms with Crippen LogP contribution in [0.4, 0.5) is 0 Å². The molecule has 0 aliphatic rings. The van der Waals surface area contributed by atoms with E-state index >= 15 is 0 Å². The number of benzene rings is 1. The molecule has 2 heterocycles. The zero-order valence-corrected chi connectivity index (χ0v) is 12.8. The molecule has 8 heteroatoms. The molecule has 0 spiro atoms. The van der Waals surface area contributed by atoms with Gasteiger partial charge in [-0.05, 0) is 11.6 Å². The molecule has 0 saturated carbocycles. The molecule has 0 fully saturated rings. The van der Waals surface area contributed by atoms with Gasteiger partial charge in [0.15, 0.2) is 9.84 Å². The average Bonchev–Trinajstić information content (AvgIpc) is 3.18. The third kappa shape index (κ3) is 3.85. The number of rotatable bonds is 6. The minimum Gasteiger partial charge on any atom is -0.472 e. The molecule has 0 radical (unpaired) electrons. The summed E-state index contributed by atoms with van der Waals surface area (Å²) in [6.07, 6.45) is 1.79. The molecule has 0 saturated heterocycles. The number of sulfone groups is 1. The van der Waals surface area contributed by atoms with E-state index in [-0.39, 0.29) is 11.7 Å². The highest BCUT2D eigenvalue weighted by Crippen LogP contribution is 2.19. The standard InChI is InChI=1S/C15H14N2O5S/c18-13(11-4-2-1-3-5-11)9-23(19,20)10-14-16-15(17-22-14)12-6-7-21-8-12/h1-8,13,18H,9-10H2. The van der Waals surface area contributed by atoms with Gasteiger partial charge in [0.2, 0.25) is 11.7 Å². The van der Waals surface area contributed by atoms with Crippen molar-refractivity contribution in [3.63, 3.8) is 0 Å². The van der Waals surface area contributed by atoms with Gasteiger partial charge in [-0.25, -0.2) is 8.42 Å². The first kappa shape index (κ1) is 15.4. The van der Waals surface area contributed by atoms with Crippen LogP contribution in [0.3, 0.4) is 0 Å². The lowest BCUT2D eigenvalue weighted by molar-refractivity contribution is 0.201. The largest absolute Gasteiger partial charge is 0.472 e. The molecule has 1 aromatic carbocycles. The number of hydrogen-bond acceptors (Lipinski definition) is 7. The molecule has 120 valence electrons. The van der Waals surface area contributed by atoms with E-state index in [9.17, 15) is 13.5 Å². The van der Waals surface area contributed by atoms with Crippen molar-refractivity contribution in [2.75, 3.05) is 5.75 Å². The Balaban J connectivity index is 1.69. The SMILES string of the molecule is O=S(=O)(Cc1nc(-c2ccoc2)no1)CC(O)c1ccccc1. The maximum absolute atomic E-state index is 12.2. The molecule has 3 aromatic rings. The van der Waals surface area contributed by atoms with E-state index < -0.39 is 27.4 Å². The molecule has 23 heavy (non-hydrogen) atoms. The monoisotopic (exact) mass is 334 g/mol. The highest BCUT2D eigenvalue weighted by atomic mass is 32.2. The fourth-order valence-corrected chi connectivity index (χ4v) is 3.37. The van der Waals surface area contributed by atoms with E-state index in [0.29, 0.717) is 11.1 Å². The first-order valence-electron chi connectivity index (χ1n) is 6.82. The zero-order valence-electron chi connectivity index (χ0n) is 12.0. The van der Waals surface area contributed by atoms with Crippen LogP contribution >= 0.6 is 0 Å². The minimum absolute atomic E-state index is 0.0264. The summed E-state index contributed by atoms with van der Waals surface area (Å²) in [5.41, 5.74) is 1.14. The Bertz CT molecular complexity index is 856. The van der Waals surface area contributed by atoms with E-state index in [1.807, 2.05) is 0 Å². The highest BCUT2D eigenvalue weighted by molar-refractivity contribution is 7.90. The average molecular weight is 334 g/mol. The topological polar surface area (TPSA) is 106 Å². The summed E-state index contributed by atoms with van der Waals surface area (Å²) in [5.74, 6) is -0.614. The van der Waals surface area contributed by atoms with Crippen LogP contribution < -0.4 is 0 Å². The molecule has 0 aliphatic heterocycles. The van der Waals surface area contributed by atoms with Crippen LogP contribution in [-0.4, -0.2) is 29.4 Å². The van der Waals surface area contributed by atoms with Gasteiger partial charge in [0.1, 0.15) is 12.0 Å². The van der Waals surface area contributed by atoms with Crippen molar-refractivity contribution in [3.8, 4) is 11.4 Å². The quantitative estimate of drug-likeness (QED) is 0.734. The lowest BCUT2D eigenvalue weighted by Crippen LogP contribution is -2.16. The molecule has 7 nitrogen and oxygen atoms in total. The van der Waals surface area contributed by atoms with Gasteiger partial charge >= 0.3 is 0 Å². The number of aliphatic hydroxyl groups excluding tert-OH is 1. The zero-order chi connectivity index (χ0) is 16.3. The Morgan fingerprint density at radius 3 is 2.65 bits per heavy atom. The second-order valence-corrected chi connectivity index (χ2v) is 7.11. The predicted octanol–water partition coefficient (Wildman–Crippen LogP) is 1.98. The van der Waals surface area contributed by atoms with E-state index in [0.717, 1.165) is 0 Å². The maximum Gasteiger partial charge on any atom is 0.242 e. The van der Waals surface area contributed by atoms with Crippen molar-refractivity contribution in [1.82, 2.24) is 10.1 Å². The normalized spacial score (nSPS) is 13.1. The van der Waals surface area contributed by atoms with Crippen molar-refractivity contribution in [2.45, 2.75) is 11.9 Å². The minimum atomic E-state index is -3.61. The number of aliphatic hydroxyl groups is 1. The second kappa shape index (κ2) is 6.35.